The number of pyridine rings is 2. The molecule has 2 aromatic heterocycles. The lowest BCUT2D eigenvalue weighted by Crippen LogP contribution is -2.03. The standard InChI is InChI=1S/C23H19N3O/c27-23-21(17-8-3-1-4-9-17)14-20(16-25-19-11-5-2-6-12-19)26-22(23)18-10-7-13-24-15-18/h1-15,25,27H,16H2. The number of para-hydroxylation sites is 1. The third kappa shape index (κ3) is 3.80. The third-order valence-electron chi connectivity index (χ3n) is 4.31. The largest absolute Gasteiger partial charge is 0.505 e. The molecule has 132 valence electrons. The van der Waals surface area contributed by atoms with Gasteiger partial charge in [-0.05, 0) is 35.9 Å². The van der Waals surface area contributed by atoms with Gasteiger partial charge in [-0.15, -0.1) is 0 Å². The van der Waals surface area contributed by atoms with Crippen molar-refractivity contribution in [2.24, 2.45) is 0 Å². The van der Waals surface area contributed by atoms with Crippen molar-refractivity contribution in [2.45, 2.75) is 6.54 Å². The fourth-order valence-electron chi connectivity index (χ4n) is 2.97. The molecule has 0 saturated carbocycles. The highest BCUT2D eigenvalue weighted by molar-refractivity contribution is 5.79. The van der Waals surface area contributed by atoms with Crippen molar-refractivity contribution in [3.63, 3.8) is 0 Å². The highest BCUT2D eigenvalue weighted by Gasteiger charge is 2.15. The van der Waals surface area contributed by atoms with Gasteiger partial charge in [0.1, 0.15) is 11.4 Å². The lowest BCUT2D eigenvalue weighted by Gasteiger charge is -2.13. The first-order valence-electron chi connectivity index (χ1n) is 8.79. The minimum Gasteiger partial charge on any atom is -0.505 e. The molecule has 4 nitrogen and oxygen atoms in total. The van der Waals surface area contributed by atoms with Gasteiger partial charge >= 0.3 is 0 Å². The van der Waals surface area contributed by atoms with Crippen LogP contribution in [0.2, 0.25) is 0 Å². The molecule has 2 N–H and O–H groups in total. The van der Waals surface area contributed by atoms with Crippen molar-refractivity contribution in [3.8, 4) is 28.1 Å². The summed E-state index contributed by atoms with van der Waals surface area (Å²) in [5, 5.41) is 14.3. The van der Waals surface area contributed by atoms with Crippen LogP contribution in [0, 0.1) is 0 Å². The van der Waals surface area contributed by atoms with E-state index < -0.39 is 0 Å². The smallest absolute Gasteiger partial charge is 0.149 e. The zero-order chi connectivity index (χ0) is 18.5. The number of rotatable bonds is 5. The van der Waals surface area contributed by atoms with Gasteiger partial charge in [0.15, 0.2) is 0 Å². The minimum atomic E-state index is 0.165. The Morgan fingerprint density at radius 2 is 1.52 bits per heavy atom. The Morgan fingerprint density at radius 1 is 0.815 bits per heavy atom. The Balaban J connectivity index is 1.77. The zero-order valence-electron chi connectivity index (χ0n) is 14.7. The Kier molecular flexibility index (Phi) is 4.79. The summed E-state index contributed by atoms with van der Waals surface area (Å²) in [5.74, 6) is 0.165. The van der Waals surface area contributed by atoms with E-state index in [1.807, 2.05) is 78.9 Å². The summed E-state index contributed by atoms with van der Waals surface area (Å²) < 4.78 is 0. The van der Waals surface area contributed by atoms with Gasteiger partial charge in [0, 0.05) is 29.2 Å². The second kappa shape index (κ2) is 7.70. The quantitative estimate of drug-likeness (QED) is 0.522. The number of aromatic nitrogens is 2. The summed E-state index contributed by atoms with van der Waals surface area (Å²) in [6.45, 7) is 0.553. The van der Waals surface area contributed by atoms with Gasteiger partial charge in [0.25, 0.3) is 0 Å². The van der Waals surface area contributed by atoms with Crippen molar-refractivity contribution >= 4 is 5.69 Å². The van der Waals surface area contributed by atoms with Crippen molar-refractivity contribution in [1.29, 1.82) is 0 Å². The maximum absolute atomic E-state index is 10.9. The fourth-order valence-corrected chi connectivity index (χ4v) is 2.97. The van der Waals surface area contributed by atoms with E-state index >= 15 is 0 Å². The second-order valence-electron chi connectivity index (χ2n) is 6.19. The van der Waals surface area contributed by atoms with E-state index in [1.165, 1.54) is 0 Å². The number of benzene rings is 2. The predicted molar refractivity (Wildman–Crippen MR) is 108 cm³/mol. The van der Waals surface area contributed by atoms with Crippen LogP contribution in [0.25, 0.3) is 22.4 Å². The first-order valence-corrected chi connectivity index (χ1v) is 8.79. The molecule has 0 radical (unpaired) electrons. The maximum Gasteiger partial charge on any atom is 0.149 e. The van der Waals surface area contributed by atoms with Gasteiger partial charge in [-0.2, -0.15) is 0 Å². The van der Waals surface area contributed by atoms with Crippen LogP contribution < -0.4 is 5.32 Å². The third-order valence-corrected chi connectivity index (χ3v) is 4.31. The van der Waals surface area contributed by atoms with Crippen molar-refractivity contribution in [3.05, 3.63) is 97.0 Å². The van der Waals surface area contributed by atoms with E-state index in [1.54, 1.807) is 12.4 Å². The highest BCUT2D eigenvalue weighted by Crippen LogP contribution is 2.37. The summed E-state index contributed by atoms with van der Waals surface area (Å²) in [5.41, 5.74) is 4.90. The van der Waals surface area contributed by atoms with Gasteiger partial charge in [0.2, 0.25) is 0 Å². The molecule has 0 aliphatic rings. The summed E-state index contributed by atoms with van der Waals surface area (Å²) in [4.78, 5) is 8.85. The molecule has 0 aliphatic heterocycles. The fraction of sp³-hybridized carbons (Fsp3) is 0.0435. The van der Waals surface area contributed by atoms with Gasteiger partial charge in [-0.25, -0.2) is 4.98 Å². The molecule has 27 heavy (non-hydrogen) atoms. The normalized spacial score (nSPS) is 10.5. The van der Waals surface area contributed by atoms with Crippen molar-refractivity contribution in [2.75, 3.05) is 5.32 Å². The average Bonchev–Trinajstić information content (AvgIpc) is 2.75. The Bertz CT molecular complexity index is 959. The van der Waals surface area contributed by atoms with Crippen LogP contribution in [-0.2, 0) is 6.54 Å². The van der Waals surface area contributed by atoms with Gasteiger partial charge in [-0.1, -0.05) is 48.5 Å². The van der Waals surface area contributed by atoms with E-state index in [9.17, 15) is 5.11 Å². The molecule has 0 spiro atoms. The number of nitrogens with zero attached hydrogens (tertiary/aromatic N) is 2. The van der Waals surface area contributed by atoms with Crippen LogP contribution in [0.4, 0.5) is 5.69 Å². The molecule has 2 aromatic carbocycles. The summed E-state index contributed by atoms with van der Waals surface area (Å²) in [6.07, 6.45) is 3.42. The molecule has 4 heteroatoms. The van der Waals surface area contributed by atoms with Gasteiger partial charge < -0.3 is 10.4 Å². The van der Waals surface area contributed by atoms with Crippen LogP contribution in [0.3, 0.4) is 0 Å². The Morgan fingerprint density at radius 3 is 2.22 bits per heavy atom. The summed E-state index contributed by atoms with van der Waals surface area (Å²) in [7, 11) is 0. The molecule has 0 unspecified atom stereocenters. The predicted octanol–water partition coefficient (Wildman–Crippen LogP) is 5.13. The van der Waals surface area contributed by atoms with E-state index in [-0.39, 0.29) is 5.75 Å². The lowest BCUT2D eigenvalue weighted by atomic mass is 10.0. The number of hydrogen-bond donors (Lipinski definition) is 2. The van der Waals surface area contributed by atoms with Gasteiger partial charge in [-0.3, -0.25) is 4.98 Å². The molecule has 0 atom stereocenters. The van der Waals surface area contributed by atoms with Crippen LogP contribution in [0.5, 0.6) is 5.75 Å². The molecule has 2 heterocycles. The van der Waals surface area contributed by atoms with Crippen LogP contribution in [0.15, 0.2) is 91.3 Å². The van der Waals surface area contributed by atoms with Crippen molar-refractivity contribution in [1.82, 2.24) is 9.97 Å². The highest BCUT2D eigenvalue weighted by atomic mass is 16.3. The van der Waals surface area contributed by atoms with E-state index in [4.69, 9.17) is 4.98 Å². The average molecular weight is 353 g/mol. The lowest BCUT2D eigenvalue weighted by molar-refractivity contribution is 0.476. The van der Waals surface area contributed by atoms with E-state index in [0.717, 1.165) is 28.1 Å². The number of anilines is 1. The molecular weight excluding hydrogens is 334 g/mol. The molecule has 0 fully saturated rings. The second-order valence-corrected chi connectivity index (χ2v) is 6.19. The monoisotopic (exact) mass is 353 g/mol. The summed E-state index contributed by atoms with van der Waals surface area (Å²) in [6, 6.07) is 25.5. The molecule has 0 saturated heterocycles. The summed E-state index contributed by atoms with van der Waals surface area (Å²) >= 11 is 0. The molecule has 4 rings (SSSR count). The van der Waals surface area contributed by atoms with Crippen LogP contribution in [-0.4, -0.2) is 15.1 Å². The topological polar surface area (TPSA) is 58.0 Å². The number of nitrogens with one attached hydrogen (secondary N) is 1. The van der Waals surface area contributed by atoms with Crippen LogP contribution >= 0.6 is 0 Å². The number of aromatic hydroxyl groups is 1. The Labute approximate surface area is 158 Å². The number of hydrogen-bond acceptors (Lipinski definition) is 4. The van der Waals surface area contributed by atoms with Gasteiger partial charge in [0.05, 0.1) is 12.2 Å². The van der Waals surface area contributed by atoms with E-state index in [2.05, 4.69) is 10.3 Å². The molecular formula is C23H19N3O. The van der Waals surface area contributed by atoms with Crippen LogP contribution in [0.1, 0.15) is 5.69 Å². The SMILES string of the molecule is Oc1c(-c2ccccc2)cc(CNc2ccccc2)nc1-c1cccnc1. The zero-order valence-corrected chi connectivity index (χ0v) is 14.7. The maximum atomic E-state index is 10.9. The Hall–Kier alpha value is -3.66. The van der Waals surface area contributed by atoms with Crippen molar-refractivity contribution < 1.29 is 5.11 Å². The first kappa shape index (κ1) is 16.8. The molecule has 0 aliphatic carbocycles. The molecule has 4 aromatic rings. The molecule has 0 amide bonds. The molecule has 0 bridgehead atoms. The minimum absolute atomic E-state index is 0.165. The first-order chi connectivity index (χ1) is 13.3. The van der Waals surface area contributed by atoms with E-state index in [0.29, 0.717) is 12.2 Å².